The molecule has 1 aliphatic rings. The lowest BCUT2D eigenvalue weighted by Crippen LogP contribution is -2.02. The summed E-state index contributed by atoms with van der Waals surface area (Å²) in [6.07, 6.45) is 5.16. The average Bonchev–Trinajstić information content (AvgIpc) is 2.97. The zero-order chi connectivity index (χ0) is 11.8. The molecule has 2 aromatic heterocycles. The highest BCUT2D eigenvalue weighted by atomic mass is 79.9. The van der Waals surface area contributed by atoms with E-state index in [9.17, 15) is 0 Å². The monoisotopic (exact) mass is 294 g/mol. The van der Waals surface area contributed by atoms with Crippen molar-refractivity contribution in [3.05, 3.63) is 28.1 Å². The van der Waals surface area contributed by atoms with Crippen molar-refractivity contribution in [1.82, 2.24) is 14.6 Å². The fraction of sp³-hybridized carbons (Fsp3) is 0.500. The Balaban J connectivity index is 2.08. The second-order valence-electron chi connectivity index (χ2n) is 4.56. The Morgan fingerprint density at radius 1 is 1.35 bits per heavy atom. The van der Waals surface area contributed by atoms with Gasteiger partial charge in [0.25, 0.3) is 0 Å². The van der Waals surface area contributed by atoms with E-state index in [1.54, 1.807) is 0 Å². The Kier molecular flexibility index (Phi) is 2.88. The average molecular weight is 295 g/mol. The molecule has 2 heterocycles. The van der Waals surface area contributed by atoms with Crippen molar-refractivity contribution in [3.8, 4) is 0 Å². The molecule has 0 aromatic carbocycles. The van der Waals surface area contributed by atoms with Crippen molar-refractivity contribution in [3.63, 3.8) is 0 Å². The summed E-state index contributed by atoms with van der Waals surface area (Å²) in [5.41, 5.74) is 8.54. The van der Waals surface area contributed by atoms with Crippen molar-refractivity contribution in [2.24, 2.45) is 5.73 Å². The molecule has 0 atom stereocenters. The largest absolute Gasteiger partial charge is 0.325 e. The van der Waals surface area contributed by atoms with Gasteiger partial charge in [-0.3, -0.25) is 0 Å². The summed E-state index contributed by atoms with van der Waals surface area (Å²) in [6.45, 7) is 0.433. The van der Waals surface area contributed by atoms with Crippen LogP contribution in [0.1, 0.15) is 43.0 Å². The summed E-state index contributed by atoms with van der Waals surface area (Å²) < 4.78 is 2.74. The Morgan fingerprint density at radius 2 is 2.12 bits per heavy atom. The van der Waals surface area contributed by atoms with E-state index in [1.165, 1.54) is 31.4 Å². The van der Waals surface area contributed by atoms with Crippen LogP contribution in [0, 0.1) is 0 Å². The lowest BCUT2D eigenvalue weighted by molar-refractivity contribution is 0.669. The predicted molar refractivity (Wildman–Crippen MR) is 69.8 cm³/mol. The molecular formula is C12H15BrN4. The number of nitrogens with zero attached hydrogens (tertiary/aromatic N) is 3. The van der Waals surface area contributed by atoms with Crippen LogP contribution in [0.25, 0.3) is 5.65 Å². The van der Waals surface area contributed by atoms with Gasteiger partial charge in [-0.15, -0.1) is 0 Å². The van der Waals surface area contributed by atoms with E-state index in [4.69, 9.17) is 5.73 Å². The molecule has 0 aliphatic heterocycles. The van der Waals surface area contributed by atoms with Crippen LogP contribution < -0.4 is 5.73 Å². The molecule has 1 saturated carbocycles. The van der Waals surface area contributed by atoms with Gasteiger partial charge in [0.1, 0.15) is 4.60 Å². The number of imidazole rings is 1. The lowest BCUT2D eigenvalue weighted by Gasteiger charge is -2.08. The normalized spacial score (nSPS) is 17.1. The molecule has 0 amide bonds. The van der Waals surface area contributed by atoms with Crippen LogP contribution in [0.3, 0.4) is 0 Å². The van der Waals surface area contributed by atoms with Gasteiger partial charge in [0, 0.05) is 12.5 Å². The minimum atomic E-state index is 0.433. The maximum atomic E-state index is 5.64. The van der Waals surface area contributed by atoms with Crippen LogP contribution in [0.2, 0.25) is 0 Å². The molecule has 1 fully saturated rings. The number of nitrogens with two attached hydrogens (primary N) is 1. The summed E-state index contributed by atoms with van der Waals surface area (Å²) in [7, 11) is 0. The first-order valence-electron chi connectivity index (χ1n) is 6.03. The second kappa shape index (κ2) is 4.38. The summed E-state index contributed by atoms with van der Waals surface area (Å²) in [4.78, 5) is 4.43. The van der Waals surface area contributed by atoms with Crippen molar-refractivity contribution in [2.45, 2.75) is 38.1 Å². The summed E-state index contributed by atoms with van der Waals surface area (Å²) in [6, 6.07) is 4.13. The fourth-order valence-electron chi connectivity index (χ4n) is 2.54. The smallest absolute Gasteiger partial charge is 0.155 e. The zero-order valence-electron chi connectivity index (χ0n) is 9.56. The predicted octanol–water partition coefficient (Wildman–Crippen LogP) is 2.61. The van der Waals surface area contributed by atoms with E-state index < -0.39 is 0 Å². The molecule has 2 N–H and O–H groups in total. The number of rotatable bonds is 2. The quantitative estimate of drug-likeness (QED) is 0.926. The molecule has 0 saturated heterocycles. The Labute approximate surface area is 108 Å². The highest BCUT2D eigenvalue weighted by molar-refractivity contribution is 9.10. The fourth-order valence-corrected chi connectivity index (χ4v) is 3.05. The molecule has 0 unspecified atom stereocenters. The van der Waals surface area contributed by atoms with Crippen molar-refractivity contribution < 1.29 is 0 Å². The van der Waals surface area contributed by atoms with E-state index in [0.29, 0.717) is 12.5 Å². The lowest BCUT2D eigenvalue weighted by atomic mass is 10.0. The van der Waals surface area contributed by atoms with Gasteiger partial charge in [-0.05, 0) is 40.9 Å². The highest BCUT2D eigenvalue weighted by Gasteiger charge is 2.19. The molecule has 0 radical (unpaired) electrons. The summed E-state index contributed by atoms with van der Waals surface area (Å²) in [5.74, 6) is 0.620. The first-order chi connectivity index (χ1) is 8.29. The third-order valence-corrected chi connectivity index (χ3v) is 4.27. The van der Waals surface area contributed by atoms with Crippen LogP contribution in [0.5, 0.6) is 0 Å². The van der Waals surface area contributed by atoms with Crippen LogP contribution in [0.15, 0.2) is 16.7 Å². The standard InChI is InChI=1S/C12H15BrN4/c13-12-10(7-14)15-11-6-5-9(16-17(11)12)8-3-1-2-4-8/h5-6,8H,1-4,7,14H2. The van der Waals surface area contributed by atoms with Crippen LogP contribution >= 0.6 is 15.9 Å². The molecule has 2 aromatic rings. The molecule has 4 nitrogen and oxygen atoms in total. The Hall–Kier alpha value is -0.940. The number of fused-ring (bicyclic) bond motifs is 1. The van der Waals surface area contributed by atoms with E-state index in [1.807, 2.05) is 10.6 Å². The number of aromatic nitrogens is 3. The minimum absolute atomic E-state index is 0.433. The molecule has 1 aliphatic carbocycles. The number of hydrogen-bond acceptors (Lipinski definition) is 3. The van der Waals surface area contributed by atoms with Crippen LogP contribution in [0.4, 0.5) is 0 Å². The van der Waals surface area contributed by atoms with Crippen molar-refractivity contribution in [1.29, 1.82) is 0 Å². The third-order valence-electron chi connectivity index (χ3n) is 3.48. The second-order valence-corrected chi connectivity index (χ2v) is 5.31. The summed E-state index contributed by atoms with van der Waals surface area (Å²) in [5, 5.41) is 4.68. The molecule has 90 valence electrons. The van der Waals surface area contributed by atoms with Crippen molar-refractivity contribution >= 4 is 21.6 Å². The topological polar surface area (TPSA) is 56.2 Å². The summed E-state index contributed by atoms with van der Waals surface area (Å²) >= 11 is 3.51. The van der Waals surface area contributed by atoms with Gasteiger partial charge in [0.15, 0.2) is 5.65 Å². The SMILES string of the molecule is NCc1nc2ccc(C3CCCC3)nn2c1Br. The minimum Gasteiger partial charge on any atom is -0.325 e. The van der Waals surface area contributed by atoms with Gasteiger partial charge >= 0.3 is 0 Å². The van der Waals surface area contributed by atoms with Gasteiger partial charge in [0.2, 0.25) is 0 Å². The first-order valence-corrected chi connectivity index (χ1v) is 6.83. The Morgan fingerprint density at radius 3 is 2.82 bits per heavy atom. The maximum absolute atomic E-state index is 5.64. The molecule has 17 heavy (non-hydrogen) atoms. The number of halogens is 1. The Bertz CT molecular complexity index is 543. The van der Waals surface area contributed by atoms with E-state index >= 15 is 0 Å². The molecule has 0 spiro atoms. The van der Waals surface area contributed by atoms with Crippen LogP contribution in [-0.4, -0.2) is 14.6 Å². The molecular weight excluding hydrogens is 280 g/mol. The maximum Gasteiger partial charge on any atom is 0.155 e. The van der Waals surface area contributed by atoms with Gasteiger partial charge in [-0.1, -0.05) is 12.8 Å². The van der Waals surface area contributed by atoms with Gasteiger partial charge in [-0.25, -0.2) is 9.50 Å². The van der Waals surface area contributed by atoms with Gasteiger partial charge < -0.3 is 5.73 Å². The molecule has 3 rings (SSSR count). The number of hydrogen-bond donors (Lipinski definition) is 1. The van der Waals surface area contributed by atoms with E-state index in [-0.39, 0.29) is 0 Å². The van der Waals surface area contributed by atoms with Gasteiger partial charge in [-0.2, -0.15) is 5.10 Å². The molecule has 0 bridgehead atoms. The third kappa shape index (κ3) is 1.87. The van der Waals surface area contributed by atoms with Gasteiger partial charge in [0.05, 0.1) is 11.4 Å². The highest BCUT2D eigenvalue weighted by Crippen LogP contribution is 2.33. The van der Waals surface area contributed by atoms with E-state index in [2.05, 4.69) is 32.1 Å². The van der Waals surface area contributed by atoms with Crippen LogP contribution in [-0.2, 0) is 6.54 Å². The van der Waals surface area contributed by atoms with Crippen molar-refractivity contribution in [2.75, 3.05) is 0 Å². The zero-order valence-corrected chi connectivity index (χ0v) is 11.2. The molecule has 5 heteroatoms. The first kappa shape index (κ1) is 11.2. The van der Waals surface area contributed by atoms with E-state index in [0.717, 1.165) is 15.9 Å².